The number of nitrogens with zero attached hydrogens (tertiary/aromatic N) is 1. The van der Waals surface area contributed by atoms with Gasteiger partial charge in [0.15, 0.2) is 0 Å². The molecule has 0 atom stereocenters. The smallest absolute Gasteiger partial charge is 0.0540 e. The maximum atomic E-state index is 2.45. The molecule has 1 aliphatic carbocycles. The molecular formula is C55H39N. The molecule has 0 aromatic heterocycles. The van der Waals surface area contributed by atoms with Crippen LogP contribution in [-0.4, -0.2) is 0 Å². The molecule has 1 aliphatic rings. The van der Waals surface area contributed by atoms with Crippen LogP contribution >= 0.6 is 0 Å². The summed E-state index contributed by atoms with van der Waals surface area (Å²) in [5.74, 6) is 0. The van der Waals surface area contributed by atoms with Crippen molar-refractivity contribution in [3.63, 3.8) is 0 Å². The summed E-state index contributed by atoms with van der Waals surface area (Å²) in [6.07, 6.45) is 0. The molecule has 0 saturated carbocycles. The van der Waals surface area contributed by atoms with Crippen LogP contribution < -0.4 is 4.90 Å². The first kappa shape index (κ1) is 32.5. The lowest BCUT2D eigenvalue weighted by Crippen LogP contribution is -2.15. The molecule has 56 heavy (non-hydrogen) atoms. The Morgan fingerprint density at radius 1 is 0.339 bits per heavy atom. The van der Waals surface area contributed by atoms with Crippen molar-refractivity contribution in [1.82, 2.24) is 0 Å². The van der Waals surface area contributed by atoms with E-state index in [-0.39, 0.29) is 5.41 Å². The van der Waals surface area contributed by atoms with Gasteiger partial charge in [-0.1, -0.05) is 178 Å². The standard InChI is InChI=1S/C55H39N/c1-55(2)51-20-9-7-17-47(51)50-35-43(32-33-52(50)55)56(53-21-10-8-18-48(53)46-19-11-14-37-12-3-5-15-44(37)46)42-30-28-36(29-31-42)41-27-24-39-23-26-40-25-22-38-13-4-6-16-45(38)54(40)49(39)34-41/h3-35H,1-2H3. The lowest BCUT2D eigenvalue weighted by atomic mass is 9.82. The van der Waals surface area contributed by atoms with Gasteiger partial charge in [0, 0.05) is 22.4 Å². The number of hydrogen-bond acceptors (Lipinski definition) is 1. The van der Waals surface area contributed by atoms with Crippen LogP contribution in [0.15, 0.2) is 200 Å². The highest BCUT2D eigenvalue weighted by Gasteiger charge is 2.35. The van der Waals surface area contributed by atoms with Crippen LogP contribution in [0.1, 0.15) is 25.0 Å². The lowest BCUT2D eigenvalue weighted by Gasteiger charge is -2.29. The Balaban J connectivity index is 1.09. The van der Waals surface area contributed by atoms with E-state index in [0.29, 0.717) is 0 Å². The van der Waals surface area contributed by atoms with Crippen LogP contribution in [0.4, 0.5) is 17.1 Å². The largest absolute Gasteiger partial charge is 0.310 e. The van der Waals surface area contributed by atoms with Crippen LogP contribution in [0.25, 0.3) is 76.5 Å². The van der Waals surface area contributed by atoms with Crippen molar-refractivity contribution in [2.45, 2.75) is 19.3 Å². The highest BCUT2D eigenvalue weighted by atomic mass is 15.1. The molecule has 10 aromatic rings. The van der Waals surface area contributed by atoms with E-state index in [4.69, 9.17) is 0 Å². The molecule has 0 N–H and O–H groups in total. The Hall–Kier alpha value is -6.96. The molecule has 0 radical (unpaired) electrons. The van der Waals surface area contributed by atoms with Crippen LogP contribution in [0.2, 0.25) is 0 Å². The van der Waals surface area contributed by atoms with E-state index in [1.54, 1.807) is 0 Å². The first-order valence-electron chi connectivity index (χ1n) is 19.6. The summed E-state index contributed by atoms with van der Waals surface area (Å²) in [5, 5.41) is 10.2. The topological polar surface area (TPSA) is 3.24 Å². The summed E-state index contributed by atoms with van der Waals surface area (Å²) in [4.78, 5) is 2.45. The first-order chi connectivity index (χ1) is 27.5. The molecule has 264 valence electrons. The fraction of sp³-hybridized carbons (Fsp3) is 0.0545. The molecule has 0 unspecified atom stereocenters. The Morgan fingerprint density at radius 2 is 0.893 bits per heavy atom. The highest BCUT2D eigenvalue weighted by molar-refractivity contribution is 6.20. The van der Waals surface area contributed by atoms with E-state index in [2.05, 4.69) is 219 Å². The molecule has 0 aliphatic heterocycles. The molecule has 1 nitrogen and oxygen atoms in total. The van der Waals surface area contributed by atoms with Crippen molar-refractivity contribution in [2.75, 3.05) is 4.90 Å². The number of rotatable bonds is 5. The summed E-state index contributed by atoms with van der Waals surface area (Å²) in [7, 11) is 0. The molecular weight excluding hydrogens is 675 g/mol. The second-order valence-corrected chi connectivity index (χ2v) is 15.7. The van der Waals surface area contributed by atoms with E-state index in [1.165, 1.54) is 87.6 Å². The Labute approximate surface area is 327 Å². The zero-order chi connectivity index (χ0) is 37.4. The fourth-order valence-electron chi connectivity index (χ4n) is 9.44. The van der Waals surface area contributed by atoms with Gasteiger partial charge >= 0.3 is 0 Å². The number of para-hydroxylation sites is 1. The minimum Gasteiger partial charge on any atom is -0.310 e. The predicted octanol–water partition coefficient (Wildman–Crippen LogP) is 15.4. The van der Waals surface area contributed by atoms with Crippen LogP contribution in [0, 0.1) is 0 Å². The van der Waals surface area contributed by atoms with Gasteiger partial charge in [0.2, 0.25) is 0 Å². The zero-order valence-electron chi connectivity index (χ0n) is 31.5. The third kappa shape index (κ3) is 5.01. The highest BCUT2D eigenvalue weighted by Crippen LogP contribution is 2.51. The number of fused-ring (bicyclic) bond motifs is 9. The average Bonchev–Trinajstić information content (AvgIpc) is 3.48. The van der Waals surface area contributed by atoms with Crippen molar-refractivity contribution in [2.24, 2.45) is 0 Å². The van der Waals surface area contributed by atoms with Crippen molar-refractivity contribution in [3.05, 3.63) is 211 Å². The fourth-order valence-corrected chi connectivity index (χ4v) is 9.44. The molecule has 0 spiro atoms. The maximum Gasteiger partial charge on any atom is 0.0540 e. The van der Waals surface area contributed by atoms with Gasteiger partial charge in [0.05, 0.1) is 5.69 Å². The number of hydrogen-bond donors (Lipinski definition) is 0. The molecule has 0 fully saturated rings. The number of benzene rings is 10. The van der Waals surface area contributed by atoms with Crippen LogP contribution in [-0.2, 0) is 5.41 Å². The third-order valence-corrected chi connectivity index (χ3v) is 12.2. The SMILES string of the molecule is CC1(C)c2ccccc2-c2cc(N(c3ccc(-c4ccc5ccc6ccc7ccccc7c6c5c4)cc3)c3ccccc3-c3cccc4ccccc34)ccc21. The number of anilines is 3. The summed E-state index contributed by atoms with van der Waals surface area (Å²) in [6.45, 7) is 4.70. The van der Waals surface area contributed by atoms with Crippen molar-refractivity contribution in [3.8, 4) is 33.4 Å². The quantitative estimate of drug-likeness (QED) is 0.161. The monoisotopic (exact) mass is 713 g/mol. The van der Waals surface area contributed by atoms with Gasteiger partial charge < -0.3 is 4.90 Å². The lowest BCUT2D eigenvalue weighted by molar-refractivity contribution is 0.660. The van der Waals surface area contributed by atoms with Crippen molar-refractivity contribution < 1.29 is 0 Å². The van der Waals surface area contributed by atoms with E-state index in [9.17, 15) is 0 Å². The van der Waals surface area contributed by atoms with E-state index in [0.717, 1.165) is 17.1 Å². The third-order valence-electron chi connectivity index (χ3n) is 12.2. The van der Waals surface area contributed by atoms with Crippen molar-refractivity contribution in [1.29, 1.82) is 0 Å². The first-order valence-corrected chi connectivity index (χ1v) is 19.6. The predicted molar refractivity (Wildman–Crippen MR) is 240 cm³/mol. The molecule has 0 bridgehead atoms. The summed E-state index contributed by atoms with van der Waals surface area (Å²) < 4.78 is 0. The van der Waals surface area contributed by atoms with Crippen LogP contribution in [0.5, 0.6) is 0 Å². The van der Waals surface area contributed by atoms with Gasteiger partial charge in [0.1, 0.15) is 0 Å². The van der Waals surface area contributed by atoms with E-state index >= 15 is 0 Å². The normalized spacial score (nSPS) is 13.0. The summed E-state index contributed by atoms with van der Waals surface area (Å²) >= 11 is 0. The van der Waals surface area contributed by atoms with Gasteiger partial charge in [0.25, 0.3) is 0 Å². The molecule has 0 heterocycles. The molecule has 0 amide bonds. The van der Waals surface area contributed by atoms with Gasteiger partial charge in [-0.25, -0.2) is 0 Å². The molecule has 10 aromatic carbocycles. The van der Waals surface area contributed by atoms with Gasteiger partial charge in [-0.2, -0.15) is 0 Å². The summed E-state index contributed by atoms with van der Waals surface area (Å²) in [6, 6.07) is 74.0. The minimum absolute atomic E-state index is 0.0603. The molecule has 11 rings (SSSR count). The van der Waals surface area contributed by atoms with Gasteiger partial charge in [-0.05, 0) is 118 Å². The Morgan fingerprint density at radius 3 is 1.71 bits per heavy atom. The van der Waals surface area contributed by atoms with Crippen molar-refractivity contribution >= 4 is 60.2 Å². The Bertz CT molecular complexity index is 3160. The molecule has 1 heteroatoms. The Kier molecular flexibility index (Phi) is 7.28. The summed E-state index contributed by atoms with van der Waals surface area (Å²) in [5.41, 5.74) is 13.6. The second-order valence-electron chi connectivity index (χ2n) is 15.7. The van der Waals surface area contributed by atoms with Gasteiger partial charge in [-0.3, -0.25) is 0 Å². The minimum atomic E-state index is -0.0603. The molecule has 0 saturated heterocycles. The van der Waals surface area contributed by atoms with E-state index in [1.807, 2.05) is 0 Å². The second kappa shape index (κ2) is 12.5. The maximum absolute atomic E-state index is 2.45. The van der Waals surface area contributed by atoms with Gasteiger partial charge in [-0.15, -0.1) is 0 Å². The zero-order valence-corrected chi connectivity index (χ0v) is 31.5. The van der Waals surface area contributed by atoms with Crippen LogP contribution in [0.3, 0.4) is 0 Å². The average molecular weight is 714 g/mol. The van der Waals surface area contributed by atoms with E-state index < -0.39 is 0 Å².